The molecule has 0 aliphatic rings. The highest BCUT2D eigenvalue weighted by Crippen LogP contribution is 2.32. The molecule has 0 saturated carbocycles. The summed E-state index contributed by atoms with van der Waals surface area (Å²) in [6, 6.07) is 10.5. The normalized spacial score (nSPS) is 11.6. The molecule has 0 aliphatic heterocycles. The predicted molar refractivity (Wildman–Crippen MR) is 161 cm³/mol. The van der Waals surface area contributed by atoms with Crippen LogP contribution in [0.3, 0.4) is 0 Å². The van der Waals surface area contributed by atoms with Gasteiger partial charge in [0.1, 0.15) is 22.8 Å². The van der Waals surface area contributed by atoms with Crippen molar-refractivity contribution in [2.45, 2.75) is 20.8 Å². The molecule has 4 aromatic rings. The van der Waals surface area contributed by atoms with Gasteiger partial charge in [-0.2, -0.15) is 0 Å². The van der Waals surface area contributed by atoms with Gasteiger partial charge in [-0.3, -0.25) is 14.2 Å². The highest BCUT2D eigenvalue weighted by molar-refractivity contribution is 6.35. The summed E-state index contributed by atoms with van der Waals surface area (Å²) >= 11 is 12.0. The van der Waals surface area contributed by atoms with Crippen LogP contribution < -0.4 is 5.32 Å². The zero-order valence-corrected chi connectivity index (χ0v) is 24.2. The van der Waals surface area contributed by atoms with Gasteiger partial charge >= 0.3 is 0 Å². The van der Waals surface area contributed by atoms with Crippen LogP contribution >= 0.6 is 23.2 Å². The van der Waals surface area contributed by atoms with Crippen LogP contribution in [0.4, 0.5) is 14.5 Å². The van der Waals surface area contributed by atoms with Crippen LogP contribution in [0.25, 0.3) is 22.2 Å². The maximum Gasteiger partial charge on any atom is 0.268 e. The van der Waals surface area contributed by atoms with Gasteiger partial charge in [0.2, 0.25) is 5.78 Å². The standard InChI is InChI=1S/C29H21Cl2F2N3O3.C2H6/c1-4-5-23(37)24(15(2)30)29(39)36-14-20(27(38)25-21(32)10-11-22(34-3)26(25)33)19-12-17(13-35-28(19)36)16-6-8-18(31)9-7-16;1-2/h4-14,34,37H,2H2,1,3H3;1-2H3/b5-4-,24-23-;. The van der Waals surface area contributed by atoms with Gasteiger partial charge in [0, 0.05) is 40.4 Å². The Morgan fingerprint density at radius 3 is 2.34 bits per heavy atom. The molecule has 0 saturated heterocycles. The first-order valence-corrected chi connectivity index (χ1v) is 13.3. The van der Waals surface area contributed by atoms with E-state index in [9.17, 15) is 19.1 Å². The Morgan fingerprint density at radius 2 is 1.76 bits per heavy atom. The molecular formula is C31H27Cl2F2N3O3. The molecule has 0 fully saturated rings. The van der Waals surface area contributed by atoms with Gasteiger partial charge in [0.25, 0.3) is 5.91 Å². The lowest BCUT2D eigenvalue weighted by atomic mass is 10.00. The van der Waals surface area contributed by atoms with Gasteiger partial charge in [-0.25, -0.2) is 13.8 Å². The second-order valence-corrected chi connectivity index (χ2v) is 9.24. The fraction of sp³-hybridized carbons (Fsp3) is 0.129. The molecule has 0 atom stereocenters. The molecule has 10 heteroatoms. The van der Waals surface area contributed by atoms with E-state index in [0.29, 0.717) is 16.1 Å². The summed E-state index contributed by atoms with van der Waals surface area (Å²) < 4.78 is 30.9. The molecule has 2 heterocycles. The molecule has 4 rings (SSSR count). The highest BCUT2D eigenvalue weighted by Gasteiger charge is 2.28. The van der Waals surface area contributed by atoms with Crippen molar-refractivity contribution >= 4 is 51.6 Å². The SMILES string of the molecule is C=C(Cl)/C(C(=O)n1cc(C(=O)c2c(F)ccc(NC)c2F)c2cc(-c3ccc(Cl)cc3)cnc21)=C(O)\C=C/C.CC. The van der Waals surface area contributed by atoms with Gasteiger partial charge in [0.15, 0.2) is 5.82 Å². The van der Waals surface area contributed by atoms with Gasteiger partial charge in [0.05, 0.1) is 16.8 Å². The summed E-state index contributed by atoms with van der Waals surface area (Å²) in [4.78, 5) is 31.6. The van der Waals surface area contributed by atoms with Crippen molar-refractivity contribution in [2.24, 2.45) is 0 Å². The van der Waals surface area contributed by atoms with Crippen LogP contribution in [0.5, 0.6) is 0 Å². The van der Waals surface area contributed by atoms with Crippen LogP contribution in [-0.4, -0.2) is 33.4 Å². The number of nitrogens with one attached hydrogen (secondary N) is 1. The molecule has 41 heavy (non-hydrogen) atoms. The number of nitrogens with zero attached hydrogens (tertiary/aromatic N) is 2. The van der Waals surface area contributed by atoms with Crippen molar-refractivity contribution in [3.8, 4) is 11.1 Å². The second-order valence-electron chi connectivity index (χ2n) is 8.35. The highest BCUT2D eigenvalue weighted by atomic mass is 35.5. The fourth-order valence-corrected chi connectivity index (χ4v) is 4.36. The fourth-order valence-electron chi connectivity index (χ4n) is 4.06. The lowest BCUT2D eigenvalue weighted by Crippen LogP contribution is -2.15. The zero-order valence-electron chi connectivity index (χ0n) is 22.7. The molecule has 6 nitrogen and oxygen atoms in total. The number of aliphatic hydroxyl groups is 1. The third-order valence-corrected chi connectivity index (χ3v) is 6.38. The summed E-state index contributed by atoms with van der Waals surface area (Å²) in [6.45, 7) is 9.18. The molecule has 0 unspecified atom stereocenters. The molecule has 0 bridgehead atoms. The third-order valence-electron chi connectivity index (χ3n) is 5.94. The van der Waals surface area contributed by atoms with Gasteiger partial charge in [-0.1, -0.05) is 61.8 Å². The number of hydrogen-bond acceptors (Lipinski definition) is 5. The number of anilines is 1. The third kappa shape index (κ3) is 6.24. The number of halogens is 4. The molecular weight excluding hydrogens is 571 g/mol. The summed E-state index contributed by atoms with van der Waals surface area (Å²) in [6.07, 6.45) is 5.32. The van der Waals surface area contributed by atoms with Gasteiger partial charge < -0.3 is 10.4 Å². The van der Waals surface area contributed by atoms with E-state index in [4.69, 9.17) is 23.2 Å². The summed E-state index contributed by atoms with van der Waals surface area (Å²) in [5, 5.41) is 13.4. The molecule has 0 aliphatic carbocycles. The maximum atomic E-state index is 15.1. The van der Waals surface area contributed by atoms with E-state index in [1.807, 2.05) is 13.8 Å². The van der Waals surface area contributed by atoms with E-state index in [1.54, 1.807) is 37.3 Å². The van der Waals surface area contributed by atoms with E-state index < -0.39 is 34.6 Å². The van der Waals surface area contributed by atoms with E-state index in [-0.39, 0.29) is 32.9 Å². The number of aliphatic hydroxyl groups excluding tert-OH is 1. The van der Waals surface area contributed by atoms with Gasteiger partial charge in [-0.05, 0) is 48.9 Å². The smallest absolute Gasteiger partial charge is 0.268 e. The Kier molecular flexibility index (Phi) is 10.2. The largest absolute Gasteiger partial charge is 0.507 e. The lowest BCUT2D eigenvalue weighted by molar-refractivity contribution is 0.0959. The summed E-state index contributed by atoms with van der Waals surface area (Å²) in [7, 11) is 1.43. The van der Waals surface area contributed by atoms with Crippen molar-refractivity contribution < 1.29 is 23.5 Å². The number of allylic oxidation sites excluding steroid dienone is 4. The zero-order chi connectivity index (χ0) is 30.4. The average molecular weight is 598 g/mol. The Morgan fingerprint density at radius 1 is 1.10 bits per heavy atom. The minimum absolute atomic E-state index is 0.00431. The molecule has 0 spiro atoms. The molecule has 2 aromatic heterocycles. The van der Waals surface area contributed by atoms with E-state index in [1.165, 1.54) is 31.5 Å². The molecule has 0 radical (unpaired) electrons. The predicted octanol–water partition coefficient (Wildman–Crippen LogP) is 8.71. The number of pyridine rings is 1. The minimum atomic E-state index is -1.09. The maximum absolute atomic E-state index is 15.1. The number of benzene rings is 2. The molecule has 212 valence electrons. The Balaban J connectivity index is 0.00000226. The van der Waals surface area contributed by atoms with Crippen LogP contribution in [0.1, 0.15) is 41.5 Å². The summed E-state index contributed by atoms with van der Waals surface area (Å²) in [5.74, 6) is -4.50. The summed E-state index contributed by atoms with van der Waals surface area (Å²) in [5.41, 5.74) is -0.185. The first-order valence-electron chi connectivity index (χ1n) is 12.5. The van der Waals surface area contributed by atoms with Crippen LogP contribution in [0.2, 0.25) is 5.02 Å². The monoisotopic (exact) mass is 597 g/mol. The molecule has 0 amide bonds. The van der Waals surface area contributed by atoms with E-state index in [2.05, 4.69) is 16.9 Å². The number of hydrogen-bond donors (Lipinski definition) is 2. The Hall–Kier alpha value is -4.27. The van der Waals surface area contributed by atoms with Crippen molar-refractivity contribution in [1.29, 1.82) is 0 Å². The molecule has 2 aromatic carbocycles. The van der Waals surface area contributed by atoms with E-state index in [0.717, 1.165) is 16.8 Å². The van der Waals surface area contributed by atoms with Crippen molar-refractivity contribution in [3.05, 3.63) is 118 Å². The topological polar surface area (TPSA) is 84.2 Å². The van der Waals surface area contributed by atoms with Crippen LogP contribution in [0.15, 0.2) is 90.0 Å². The van der Waals surface area contributed by atoms with Crippen LogP contribution in [0, 0.1) is 11.6 Å². The average Bonchev–Trinajstić information content (AvgIpc) is 3.33. The van der Waals surface area contributed by atoms with Crippen molar-refractivity contribution in [2.75, 3.05) is 12.4 Å². The first kappa shape index (κ1) is 31.3. The number of rotatable bonds is 7. The van der Waals surface area contributed by atoms with E-state index >= 15 is 4.39 Å². The first-order chi connectivity index (χ1) is 19.6. The second kappa shape index (κ2) is 13.4. The Bertz CT molecular complexity index is 1710. The number of aromatic nitrogens is 2. The quantitative estimate of drug-likeness (QED) is 0.0962. The van der Waals surface area contributed by atoms with Crippen LogP contribution in [-0.2, 0) is 0 Å². The Labute approximate surface area is 246 Å². The lowest BCUT2D eigenvalue weighted by Gasteiger charge is -2.08. The van der Waals surface area contributed by atoms with Crippen molar-refractivity contribution in [3.63, 3.8) is 0 Å². The number of ketones is 1. The number of carbonyl (C=O) groups is 2. The van der Waals surface area contributed by atoms with Crippen molar-refractivity contribution in [1.82, 2.24) is 9.55 Å². The minimum Gasteiger partial charge on any atom is -0.507 e. The van der Waals surface area contributed by atoms with Gasteiger partial charge in [-0.15, -0.1) is 0 Å². The molecule has 2 N–H and O–H groups in total. The number of fused-ring (bicyclic) bond motifs is 1. The number of carbonyl (C=O) groups excluding carboxylic acids is 2.